The Kier molecular flexibility index (Phi) is 12.5. The second-order valence-electron chi connectivity index (χ2n) is 27.9. The molecule has 10 aromatic carbocycles. The third-order valence-electron chi connectivity index (χ3n) is 18.1. The van der Waals surface area contributed by atoms with E-state index in [0.29, 0.717) is 0 Å². The van der Waals surface area contributed by atoms with Gasteiger partial charge in [0.1, 0.15) is 0 Å². The van der Waals surface area contributed by atoms with Crippen molar-refractivity contribution in [3.8, 4) is 44.5 Å². The summed E-state index contributed by atoms with van der Waals surface area (Å²) in [6, 6.07) is 63.9. The molecule has 412 valence electrons. The Morgan fingerprint density at radius 3 is 0.871 bits per heavy atom. The Morgan fingerprint density at radius 1 is 0.282 bits per heavy atom. The summed E-state index contributed by atoms with van der Waals surface area (Å²) in [6.07, 6.45) is 8.88. The van der Waals surface area contributed by atoms with Crippen LogP contribution in [0.1, 0.15) is 128 Å². The van der Waals surface area contributed by atoms with Gasteiger partial charge < -0.3 is 9.97 Å². The van der Waals surface area contributed by atoms with Crippen LogP contribution >= 0.6 is 0 Å². The van der Waals surface area contributed by atoms with Gasteiger partial charge in [-0.15, -0.1) is 22.1 Å². The van der Waals surface area contributed by atoms with Gasteiger partial charge in [0.15, 0.2) is 0 Å². The summed E-state index contributed by atoms with van der Waals surface area (Å²) in [5.74, 6) is 0. The zero-order valence-corrected chi connectivity index (χ0v) is 54.7. The van der Waals surface area contributed by atoms with Crippen molar-refractivity contribution in [2.75, 3.05) is 0 Å². The Balaban J connectivity index is 0.00000640. The normalized spacial score (nSPS) is 13.2. The molecule has 4 nitrogen and oxygen atoms in total. The largest absolute Gasteiger partial charge is 2.00 e. The van der Waals surface area contributed by atoms with Gasteiger partial charge in [0.25, 0.3) is 0 Å². The van der Waals surface area contributed by atoms with E-state index in [1.807, 2.05) is 0 Å². The Labute approximate surface area is 518 Å². The van der Waals surface area contributed by atoms with Crippen LogP contribution in [0.3, 0.4) is 0 Å². The maximum absolute atomic E-state index is 5.87. The molecule has 0 saturated heterocycles. The fourth-order valence-corrected chi connectivity index (χ4v) is 13.4. The van der Waals surface area contributed by atoms with Gasteiger partial charge in [0.2, 0.25) is 0 Å². The van der Waals surface area contributed by atoms with Crippen molar-refractivity contribution in [2.45, 2.75) is 105 Å². The number of aromatic nitrogens is 4. The van der Waals surface area contributed by atoms with E-state index in [0.717, 1.165) is 89.4 Å². The summed E-state index contributed by atoms with van der Waals surface area (Å²) in [4.78, 5) is 23.5. The molecular weight excluding hydrogens is 1220 g/mol. The molecule has 5 heterocycles. The molecule has 2 aliphatic heterocycles. The van der Waals surface area contributed by atoms with E-state index in [4.69, 9.17) is 19.9 Å². The minimum absolute atomic E-state index is 0. The van der Waals surface area contributed by atoms with Gasteiger partial charge in [0, 0.05) is 0 Å². The van der Waals surface area contributed by atoms with Crippen LogP contribution in [-0.2, 0) is 21.7 Å². The monoisotopic (exact) mass is 1290 g/mol. The van der Waals surface area contributed by atoms with E-state index in [-0.39, 0.29) is 49.0 Å². The number of fused-ring (bicyclic) bond motifs is 8. The summed E-state index contributed by atoms with van der Waals surface area (Å²) >= 11 is 0. The third kappa shape index (κ3) is 9.03. The molecule has 15 rings (SSSR count). The predicted molar refractivity (Wildman–Crippen MR) is 367 cm³/mol. The number of nitrogens with zero attached hydrogens (tertiary/aromatic N) is 4. The third-order valence-corrected chi connectivity index (χ3v) is 18.1. The van der Waals surface area contributed by atoms with E-state index in [9.17, 15) is 0 Å². The first-order valence-corrected chi connectivity index (χ1v) is 29.8. The maximum Gasteiger partial charge on any atom is 2.00 e. The molecule has 13 aromatic rings. The van der Waals surface area contributed by atoms with Crippen LogP contribution in [0.4, 0.5) is 0 Å². The number of hydrogen-bond acceptors (Lipinski definition) is 2. The molecule has 0 N–H and O–H groups in total. The standard InChI is InChI=1S/C80H68N4.Pb/c1-77(2,3)53-39-51(40-54(43-53)78(4,5)6)73-61-31-35-65(81-61)75(59-29-25-49-21-19-45-15-13-17-47-23-27-57(59)71(49)69(45)47)67-37-33-63(83-67)74(52-41-55(79(7,8)9)44-56(42-52)80(10,11)12)64-34-38-68(84-64)76(66-36-32-62(73)82-66)60-30-26-50-22-20-46-16-14-18-48-24-28-58(60)72(50)70(46)48;/h13-44H,1-12H3;/q-2;+2. The first-order chi connectivity index (χ1) is 40.1. The molecule has 0 unspecified atom stereocenters. The molecule has 5 heteroatoms. The molecule has 85 heavy (non-hydrogen) atoms. The zero-order chi connectivity index (χ0) is 57.9. The van der Waals surface area contributed by atoms with Crippen molar-refractivity contribution in [3.05, 3.63) is 215 Å². The fourth-order valence-electron chi connectivity index (χ4n) is 13.4. The molecule has 0 fully saturated rings. The van der Waals surface area contributed by atoms with Crippen LogP contribution in [0.2, 0.25) is 0 Å². The van der Waals surface area contributed by atoms with Gasteiger partial charge in [-0.05, 0) is 177 Å². The molecule has 2 aliphatic rings. The first-order valence-electron chi connectivity index (χ1n) is 29.8. The second-order valence-corrected chi connectivity index (χ2v) is 27.9. The molecule has 0 atom stereocenters. The zero-order valence-electron chi connectivity index (χ0n) is 50.8. The van der Waals surface area contributed by atoms with Crippen LogP contribution in [-0.4, -0.2) is 37.3 Å². The fraction of sp³-hybridized carbons (Fsp3) is 0.200. The topological polar surface area (TPSA) is 54.0 Å². The quantitative estimate of drug-likeness (QED) is 0.130. The van der Waals surface area contributed by atoms with Crippen molar-refractivity contribution in [1.82, 2.24) is 19.9 Å². The predicted octanol–water partition coefficient (Wildman–Crippen LogP) is 21.2. The number of hydrogen-bond donors (Lipinski definition) is 0. The van der Waals surface area contributed by atoms with E-state index >= 15 is 0 Å². The molecule has 0 aliphatic carbocycles. The van der Waals surface area contributed by atoms with Gasteiger partial charge in [-0.1, -0.05) is 253 Å². The minimum Gasteiger partial charge on any atom is -0.657 e. The smallest absolute Gasteiger partial charge is 0.657 e. The molecule has 3 aromatic heterocycles. The van der Waals surface area contributed by atoms with E-state index in [1.54, 1.807) is 0 Å². The van der Waals surface area contributed by atoms with Crippen LogP contribution in [0.15, 0.2) is 170 Å². The Bertz CT molecular complexity index is 4750. The second kappa shape index (κ2) is 19.4. The van der Waals surface area contributed by atoms with E-state index in [1.165, 1.54) is 86.9 Å². The van der Waals surface area contributed by atoms with Crippen LogP contribution in [0, 0.1) is 0 Å². The van der Waals surface area contributed by atoms with Gasteiger partial charge >= 0.3 is 27.3 Å². The summed E-state index contributed by atoms with van der Waals surface area (Å²) < 4.78 is 0. The van der Waals surface area contributed by atoms with Crippen LogP contribution in [0.5, 0.6) is 0 Å². The first kappa shape index (κ1) is 54.7. The summed E-state index contributed by atoms with van der Waals surface area (Å²) in [7, 11) is 0. The van der Waals surface area contributed by atoms with Gasteiger partial charge in [-0.25, -0.2) is 9.97 Å². The molecule has 2 radical (unpaired) electrons. The average Bonchev–Trinajstić information content (AvgIpc) is 1.71. The minimum atomic E-state index is -0.128. The number of rotatable bonds is 4. The molecule has 0 spiro atoms. The van der Waals surface area contributed by atoms with Gasteiger partial charge in [-0.2, -0.15) is 0 Å². The van der Waals surface area contributed by atoms with Crippen LogP contribution < -0.4 is 9.97 Å². The van der Waals surface area contributed by atoms with Crippen molar-refractivity contribution < 1.29 is 0 Å². The maximum atomic E-state index is 5.87. The van der Waals surface area contributed by atoms with E-state index in [2.05, 4.69) is 277 Å². The average molecular weight is 1290 g/mol. The summed E-state index contributed by atoms with van der Waals surface area (Å²) in [6.45, 7) is 27.7. The molecular formula is C80H68N4Pb. The van der Waals surface area contributed by atoms with Gasteiger partial charge in [0.05, 0.1) is 22.8 Å². The number of benzene rings is 10. The SMILES string of the molecule is CC(C)(C)c1cc(-c2c3nc(c(-c4ccc5ccc6cccc7ccc4c5c67)c4ccc([n-]4)c(-c4cc(C(C)(C)C)cc(C(C)(C)C)c4)c4nc(c(-c5ccc6ccc7cccc8ccc5c6c78)c5ccc2[n-]5)C=C4)C=C3)cc(C(C)(C)C)c1.[Pb+2]. The summed E-state index contributed by atoms with van der Waals surface area (Å²) in [5, 5.41) is 14.7. The van der Waals surface area contributed by atoms with Gasteiger partial charge in [-0.3, -0.25) is 0 Å². The van der Waals surface area contributed by atoms with Crippen molar-refractivity contribution in [2.24, 2.45) is 0 Å². The van der Waals surface area contributed by atoms with E-state index < -0.39 is 0 Å². The Hall–Kier alpha value is -8.20. The molecule has 0 amide bonds. The van der Waals surface area contributed by atoms with Crippen molar-refractivity contribution in [3.63, 3.8) is 0 Å². The molecule has 0 saturated carbocycles. The molecule has 8 bridgehead atoms. The van der Waals surface area contributed by atoms with Crippen LogP contribution in [0.25, 0.3) is 156 Å². The van der Waals surface area contributed by atoms with Crippen molar-refractivity contribution in [1.29, 1.82) is 0 Å². The van der Waals surface area contributed by atoms with Crippen molar-refractivity contribution >= 4 is 138 Å². The Morgan fingerprint density at radius 2 is 0.553 bits per heavy atom. The summed E-state index contributed by atoms with van der Waals surface area (Å²) in [5.41, 5.74) is 19.6.